The molecular formula is C8H5Cl2FO2. The van der Waals surface area contributed by atoms with E-state index in [0.717, 1.165) is 6.07 Å². The Kier molecular flexibility index (Phi) is 3.12. The minimum Gasteiger partial charge on any atom is -0.496 e. The molecule has 0 bridgehead atoms. The molecule has 13 heavy (non-hydrogen) atoms. The lowest BCUT2D eigenvalue weighted by atomic mass is 10.2. The van der Waals surface area contributed by atoms with E-state index in [0.29, 0.717) is 0 Å². The van der Waals surface area contributed by atoms with E-state index in [-0.39, 0.29) is 16.3 Å². The summed E-state index contributed by atoms with van der Waals surface area (Å²) in [6, 6.07) is 2.39. The van der Waals surface area contributed by atoms with Crippen molar-refractivity contribution in [1.82, 2.24) is 0 Å². The van der Waals surface area contributed by atoms with Crippen LogP contribution in [0.3, 0.4) is 0 Å². The molecule has 0 atom stereocenters. The third kappa shape index (κ3) is 1.92. The summed E-state index contributed by atoms with van der Waals surface area (Å²) in [7, 11) is 1.34. The van der Waals surface area contributed by atoms with E-state index < -0.39 is 11.1 Å². The summed E-state index contributed by atoms with van der Waals surface area (Å²) >= 11 is 10.7. The maximum atomic E-state index is 12.9. The van der Waals surface area contributed by atoms with Gasteiger partial charge in [0.15, 0.2) is 0 Å². The van der Waals surface area contributed by atoms with E-state index in [2.05, 4.69) is 0 Å². The maximum absolute atomic E-state index is 12.9. The van der Waals surface area contributed by atoms with E-state index in [1.165, 1.54) is 13.2 Å². The van der Waals surface area contributed by atoms with Crippen LogP contribution in [-0.2, 0) is 0 Å². The lowest BCUT2D eigenvalue weighted by molar-refractivity contribution is 0.107. The average molecular weight is 223 g/mol. The van der Waals surface area contributed by atoms with E-state index in [1.807, 2.05) is 0 Å². The van der Waals surface area contributed by atoms with Gasteiger partial charge in [-0.05, 0) is 23.7 Å². The topological polar surface area (TPSA) is 26.3 Å². The molecule has 0 saturated heterocycles. The molecule has 0 spiro atoms. The quantitative estimate of drug-likeness (QED) is 0.720. The first-order valence-corrected chi connectivity index (χ1v) is 4.05. The third-order valence-corrected chi connectivity index (χ3v) is 2.03. The van der Waals surface area contributed by atoms with Gasteiger partial charge in [0.25, 0.3) is 5.24 Å². The van der Waals surface area contributed by atoms with Gasteiger partial charge in [-0.3, -0.25) is 4.79 Å². The van der Waals surface area contributed by atoms with Crippen LogP contribution in [0.25, 0.3) is 0 Å². The van der Waals surface area contributed by atoms with Crippen molar-refractivity contribution in [3.63, 3.8) is 0 Å². The molecule has 70 valence electrons. The SMILES string of the molecule is COc1ccc(F)c(Cl)c1C(=O)Cl. The van der Waals surface area contributed by atoms with E-state index in [1.54, 1.807) is 0 Å². The van der Waals surface area contributed by atoms with Gasteiger partial charge in [0.1, 0.15) is 11.6 Å². The lowest BCUT2D eigenvalue weighted by Crippen LogP contribution is -1.98. The zero-order chi connectivity index (χ0) is 10.0. The summed E-state index contributed by atoms with van der Waals surface area (Å²) in [5.74, 6) is -0.544. The molecule has 0 unspecified atom stereocenters. The van der Waals surface area contributed by atoms with Crippen LogP contribution in [0.15, 0.2) is 12.1 Å². The Bertz CT molecular complexity index is 352. The molecule has 0 fully saturated rings. The van der Waals surface area contributed by atoms with Crippen LogP contribution in [0.5, 0.6) is 5.75 Å². The van der Waals surface area contributed by atoms with Crippen molar-refractivity contribution < 1.29 is 13.9 Å². The van der Waals surface area contributed by atoms with Crippen LogP contribution in [0.4, 0.5) is 4.39 Å². The first-order chi connectivity index (χ1) is 6.07. The number of ether oxygens (including phenoxy) is 1. The Labute approximate surface area is 84.2 Å². The molecule has 1 aromatic carbocycles. The number of carbonyl (C=O) groups is 1. The molecule has 5 heteroatoms. The van der Waals surface area contributed by atoms with Crippen LogP contribution < -0.4 is 4.74 Å². The van der Waals surface area contributed by atoms with Crippen LogP contribution in [0.2, 0.25) is 5.02 Å². The molecule has 1 aromatic rings. The number of benzene rings is 1. The zero-order valence-corrected chi connectivity index (χ0v) is 8.12. The fourth-order valence-corrected chi connectivity index (χ4v) is 1.36. The minimum atomic E-state index is -0.846. The highest BCUT2D eigenvalue weighted by Gasteiger charge is 2.17. The average Bonchev–Trinajstić information content (AvgIpc) is 2.08. The Morgan fingerprint density at radius 2 is 2.15 bits per heavy atom. The number of hydrogen-bond acceptors (Lipinski definition) is 2. The largest absolute Gasteiger partial charge is 0.496 e. The van der Waals surface area contributed by atoms with Gasteiger partial charge in [0, 0.05) is 0 Å². The molecule has 0 aliphatic heterocycles. The molecule has 0 aliphatic rings. The van der Waals surface area contributed by atoms with Crippen molar-refractivity contribution in [1.29, 1.82) is 0 Å². The first-order valence-electron chi connectivity index (χ1n) is 3.29. The first kappa shape index (κ1) is 10.3. The van der Waals surface area contributed by atoms with Crippen LogP contribution in [0, 0.1) is 5.82 Å². The highest BCUT2D eigenvalue weighted by Crippen LogP contribution is 2.30. The van der Waals surface area contributed by atoms with Crippen molar-refractivity contribution in [3.8, 4) is 5.75 Å². The lowest BCUT2D eigenvalue weighted by Gasteiger charge is -2.06. The third-order valence-electron chi connectivity index (χ3n) is 1.47. The van der Waals surface area contributed by atoms with Crippen LogP contribution in [-0.4, -0.2) is 12.4 Å². The highest BCUT2D eigenvalue weighted by atomic mass is 35.5. The number of methoxy groups -OCH3 is 1. The zero-order valence-electron chi connectivity index (χ0n) is 6.61. The highest BCUT2D eigenvalue weighted by molar-refractivity contribution is 6.69. The van der Waals surface area contributed by atoms with Crippen molar-refractivity contribution >= 4 is 28.4 Å². The Morgan fingerprint density at radius 1 is 1.54 bits per heavy atom. The fourth-order valence-electron chi connectivity index (χ4n) is 0.886. The molecule has 0 heterocycles. The Hall–Kier alpha value is -0.800. The van der Waals surface area contributed by atoms with Gasteiger partial charge in [-0.2, -0.15) is 0 Å². The minimum absolute atomic E-state index is 0.147. The van der Waals surface area contributed by atoms with Crippen molar-refractivity contribution in [2.24, 2.45) is 0 Å². The predicted octanol–water partition coefficient (Wildman–Crippen LogP) is 2.87. The number of halogens is 3. The standard InChI is InChI=1S/C8H5Cl2FO2/c1-13-5-3-2-4(11)7(9)6(5)8(10)12/h2-3H,1H3. The molecule has 1 rings (SSSR count). The van der Waals surface area contributed by atoms with Gasteiger partial charge in [0.05, 0.1) is 17.7 Å². The van der Waals surface area contributed by atoms with Crippen LogP contribution >= 0.6 is 23.2 Å². The summed E-state index contributed by atoms with van der Waals surface area (Å²) in [6.45, 7) is 0. The predicted molar refractivity (Wildman–Crippen MR) is 48.1 cm³/mol. The van der Waals surface area contributed by atoms with Gasteiger partial charge < -0.3 is 4.74 Å². The molecule has 0 aromatic heterocycles. The number of rotatable bonds is 2. The summed E-state index contributed by atoms with van der Waals surface area (Å²) < 4.78 is 17.6. The second-order valence-electron chi connectivity index (χ2n) is 2.21. The molecular weight excluding hydrogens is 218 g/mol. The van der Waals surface area contributed by atoms with Gasteiger partial charge in [-0.15, -0.1) is 0 Å². The normalized spacial score (nSPS) is 9.85. The molecule has 2 nitrogen and oxygen atoms in total. The van der Waals surface area contributed by atoms with Crippen molar-refractivity contribution in [2.75, 3.05) is 7.11 Å². The van der Waals surface area contributed by atoms with Crippen LogP contribution in [0.1, 0.15) is 10.4 Å². The maximum Gasteiger partial charge on any atom is 0.257 e. The summed E-state index contributed by atoms with van der Waals surface area (Å²) in [5, 5.41) is -1.17. The summed E-state index contributed by atoms with van der Waals surface area (Å²) in [6.07, 6.45) is 0. The number of hydrogen-bond donors (Lipinski definition) is 0. The Balaban J connectivity index is 3.41. The van der Waals surface area contributed by atoms with Gasteiger partial charge in [-0.1, -0.05) is 11.6 Å². The van der Waals surface area contributed by atoms with E-state index >= 15 is 0 Å². The second kappa shape index (κ2) is 3.94. The Morgan fingerprint density at radius 3 is 2.62 bits per heavy atom. The van der Waals surface area contributed by atoms with Crippen molar-refractivity contribution in [2.45, 2.75) is 0 Å². The van der Waals surface area contributed by atoms with Crippen molar-refractivity contribution in [3.05, 3.63) is 28.5 Å². The summed E-state index contributed by atoms with van der Waals surface area (Å²) in [5.41, 5.74) is -0.147. The fraction of sp³-hybridized carbons (Fsp3) is 0.125. The smallest absolute Gasteiger partial charge is 0.257 e. The molecule has 0 saturated carbocycles. The van der Waals surface area contributed by atoms with E-state index in [9.17, 15) is 9.18 Å². The van der Waals surface area contributed by atoms with Gasteiger partial charge in [-0.25, -0.2) is 4.39 Å². The number of carbonyl (C=O) groups excluding carboxylic acids is 1. The van der Waals surface area contributed by atoms with E-state index in [4.69, 9.17) is 27.9 Å². The molecule has 0 aliphatic carbocycles. The molecule has 0 radical (unpaired) electrons. The van der Waals surface area contributed by atoms with Gasteiger partial charge >= 0.3 is 0 Å². The summed E-state index contributed by atoms with van der Waals surface area (Å²) in [4.78, 5) is 10.8. The second-order valence-corrected chi connectivity index (χ2v) is 2.93. The monoisotopic (exact) mass is 222 g/mol. The molecule has 0 N–H and O–H groups in total. The molecule has 0 amide bonds. The van der Waals surface area contributed by atoms with Gasteiger partial charge in [0.2, 0.25) is 0 Å².